The van der Waals surface area contributed by atoms with Crippen LogP contribution in [0.25, 0.3) is 0 Å². The van der Waals surface area contributed by atoms with Crippen LogP contribution in [-0.2, 0) is 4.79 Å². The fraction of sp³-hybridized carbons (Fsp3) is 0.929. The van der Waals surface area contributed by atoms with Crippen molar-refractivity contribution in [1.82, 2.24) is 4.90 Å². The molecule has 2 aliphatic rings. The van der Waals surface area contributed by atoms with Crippen LogP contribution in [0.15, 0.2) is 0 Å². The highest BCUT2D eigenvalue weighted by Crippen LogP contribution is 2.32. The fourth-order valence-corrected chi connectivity index (χ4v) is 3.36. The first-order chi connectivity index (χ1) is 8.11. The van der Waals surface area contributed by atoms with Crippen LogP contribution >= 0.6 is 0 Å². The average molecular weight is 238 g/mol. The molecule has 0 radical (unpaired) electrons. The van der Waals surface area contributed by atoms with Gasteiger partial charge in [-0.15, -0.1) is 0 Å². The highest BCUT2D eigenvalue weighted by Gasteiger charge is 2.35. The lowest BCUT2D eigenvalue weighted by molar-refractivity contribution is -0.137. The first-order valence-electron chi connectivity index (χ1n) is 7.12. The highest BCUT2D eigenvalue weighted by atomic mass is 16.2. The number of hydrogen-bond donors (Lipinski definition) is 1. The lowest BCUT2D eigenvalue weighted by Gasteiger charge is -2.31. The van der Waals surface area contributed by atoms with Crippen molar-refractivity contribution in [3.05, 3.63) is 0 Å². The number of likely N-dealkylation sites (tertiary alicyclic amines) is 1. The van der Waals surface area contributed by atoms with E-state index in [0.29, 0.717) is 23.8 Å². The molecule has 3 nitrogen and oxygen atoms in total. The van der Waals surface area contributed by atoms with Crippen LogP contribution in [0.3, 0.4) is 0 Å². The normalized spacial score (nSPS) is 38.4. The molecule has 0 aromatic rings. The summed E-state index contributed by atoms with van der Waals surface area (Å²) in [6.07, 6.45) is 5.72. The van der Waals surface area contributed by atoms with Crippen LogP contribution in [0.1, 0.15) is 46.0 Å². The Balaban J connectivity index is 1.91. The Labute approximate surface area is 105 Å². The van der Waals surface area contributed by atoms with Gasteiger partial charge in [0.05, 0.1) is 0 Å². The van der Waals surface area contributed by atoms with Gasteiger partial charge in [-0.05, 0) is 57.4 Å². The van der Waals surface area contributed by atoms with E-state index in [9.17, 15) is 4.79 Å². The number of carbonyl (C=O) groups excluding carboxylic acids is 1. The zero-order valence-electron chi connectivity index (χ0n) is 11.2. The number of rotatable bonds is 2. The maximum Gasteiger partial charge on any atom is 0.225 e. The van der Waals surface area contributed by atoms with E-state index in [1.54, 1.807) is 0 Å². The van der Waals surface area contributed by atoms with E-state index in [-0.39, 0.29) is 0 Å². The maximum atomic E-state index is 12.5. The van der Waals surface area contributed by atoms with Gasteiger partial charge in [-0.3, -0.25) is 4.79 Å². The molecule has 2 N–H and O–H groups in total. The first kappa shape index (κ1) is 12.9. The van der Waals surface area contributed by atoms with Gasteiger partial charge in [0.15, 0.2) is 0 Å². The highest BCUT2D eigenvalue weighted by molar-refractivity contribution is 5.79. The van der Waals surface area contributed by atoms with Gasteiger partial charge >= 0.3 is 0 Å². The Kier molecular flexibility index (Phi) is 4.08. The van der Waals surface area contributed by atoms with Crippen LogP contribution < -0.4 is 5.73 Å². The van der Waals surface area contributed by atoms with Crippen molar-refractivity contribution < 1.29 is 4.79 Å². The molecule has 1 saturated carbocycles. The van der Waals surface area contributed by atoms with Gasteiger partial charge in [-0.25, -0.2) is 0 Å². The third kappa shape index (κ3) is 2.82. The van der Waals surface area contributed by atoms with E-state index < -0.39 is 0 Å². The molecular formula is C14H26N2O. The molecule has 0 spiro atoms. The Morgan fingerprint density at radius 1 is 1.24 bits per heavy atom. The van der Waals surface area contributed by atoms with Crippen molar-refractivity contribution in [2.45, 2.75) is 52.0 Å². The Morgan fingerprint density at radius 3 is 2.41 bits per heavy atom. The molecule has 2 atom stereocenters. The predicted octanol–water partition coefficient (Wildman–Crippen LogP) is 2.01. The van der Waals surface area contributed by atoms with Crippen molar-refractivity contribution >= 4 is 5.91 Å². The van der Waals surface area contributed by atoms with E-state index in [2.05, 4.69) is 18.7 Å². The molecule has 1 aliphatic heterocycles. The van der Waals surface area contributed by atoms with Crippen molar-refractivity contribution in [2.24, 2.45) is 23.5 Å². The second-order valence-electron chi connectivity index (χ2n) is 6.13. The Hall–Kier alpha value is -0.570. The standard InChI is InChI=1S/C14H26N2O/c1-10-3-5-13(6-4-10)14(17)16-9-12(8-15)7-11(16)2/h10-13H,3-9,15H2,1-2H3. The van der Waals surface area contributed by atoms with Crippen LogP contribution in [0.4, 0.5) is 0 Å². The summed E-state index contributed by atoms with van der Waals surface area (Å²) in [4.78, 5) is 14.6. The summed E-state index contributed by atoms with van der Waals surface area (Å²) in [7, 11) is 0. The summed E-state index contributed by atoms with van der Waals surface area (Å²) in [5.41, 5.74) is 5.72. The van der Waals surface area contributed by atoms with Crippen molar-refractivity contribution in [2.75, 3.05) is 13.1 Å². The van der Waals surface area contributed by atoms with E-state index >= 15 is 0 Å². The van der Waals surface area contributed by atoms with Gasteiger partial charge in [0.25, 0.3) is 0 Å². The van der Waals surface area contributed by atoms with Crippen molar-refractivity contribution in [3.8, 4) is 0 Å². The van der Waals surface area contributed by atoms with Gasteiger partial charge in [0, 0.05) is 18.5 Å². The third-order valence-electron chi connectivity index (χ3n) is 4.64. The SMILES string of the molecule is CC1CCC(C(=O)N2CC(CN)CC2C)CC1. The van der Waals surface area contributed by atoms with E-state index in [4.69, 9.17) is 5.73 Å². The molecule has 98 valence electrons. The molecule has 17 heavy (non-hydrogen) atoms. The molecular weight excluding hydrogens is 212 g/mol. The molecule has 3 heteroatoms. The predicted molar refractivity (Wildman–Crippen MR) is 69.5 cm³/mol. The second kappa shape index (κ2) is 5.38. The van der Waals surface area contributed by atoms with Crippen LogP contribution in [-0.4, -0.2) is 29.9 Å². The molecule has 0 aromatic heterocycles. The minimum absolute atomic E-state index is 0.296. The number of carbonyl (C=O) groups is 1. The summed E-state index contributed by atoms with van der Waals surface area (Å²) < 4.78 is 0. The molecule has 1 aliphatic carbocycles. The molecule has 1 saturated heterocycles. The Morgan fingerprint density at radius 2 is 1.88 bits per heavy atom. The molecule has 0 aromatic carbocycles. The quantitative estimate of drug-likeness (QED) is 0.800. The molecule has 2 unspecified atom stereocenters. The summed E-state index contributed by atoms with van der Waals surface area (Å²) in [6.45, 7) is 6.07. The molecule has 2 rings (SSSR count). The zero-order valence-corrected chi connectivity index (χ0v) is 11.2. The van der Waals surface area contributed by atoms with Gasteiger partial charge in [0.1, 0.15) is 0 Å². The summed E-state index contributed by atoms with van der Waals surface area (Å²) in [6, 6.07) is 0.399. The fourth-order valence-electron chi connectivity index (χ4n) is 3.36. The molecule has 2 fully saturated rings. The molecule has 0 bridgehead atoms. The van der Waals surface area contributed by atoms with E-state index in [1.165, 1.54) is 12.8 Å². The van der Waals surface area contributed by atoms with Gasteiger partial charge in [0.2, 0.25) is 5.91 Å². The minimum atomic E-state index is 0.296. The third-order valence-corrected chi connectivity index (χ3v) is 4.64. The Bertz CT molecular complexity index is 271. The monoisotopic (exact) mass is 238 g/mol. The lowest BCUT2D eigenvalue weighted by Crippen LogP contribution is -2.40. The minimum Gasteiger partial charge on any atom is -0.339 e. The van der Waals surface area contributed by atoms with Gasteiger partial charge in [-0.1, -0.05) is 6.92 Å². The molecule has 1 heterocycles. The van der Waals surface area contributed by atoms with Crippen molar-refractivity contribution in [1.29, 1.82) is 0 Å². The van der Waals surface area contributed by atoms with Gasteiger partial charge in [-0.2, -0.15) is 0 Å². The number of nitrogens with zero attached hydrogens (tertiary/aromatic N) is 1. The smallest absolute Gasteiger partial charge is 0.225 e. The van der Waals surface area contributed by atoms with Gasteiger partial charge < -0.3 is 10.6 Å². The summed E-state index contributed by atoms with van der Waals surface area (Å²) >= 11 is 0. The topological polar surface area (TPSA) is 46.3 Å². The number of hydrogen-bond acceptors (Lipinski definition) is 2. The maximum absolute atomic E-state index is 12.5. The lowest BCUT2D eigenvalue weighted by atomic mass is 9.82. The summed E-state index contributed by atoms with van der Waals surface area (Å²) in [5.74, 6) is 2.04. The molecule has 1 amide bonds. The van der Waals surface area contributed by atoms with Crippen LogP contribution in [0.5, 0.6) is 0 Å². The van der Waals surface area contributed by atoms with Crippen LogP contribution in [0.2, 0.25) is 0 Å². The first-order valence-corrected chi connectivity index (χ1v) is 7.12. The summed E-state index contributed by atoms with van der Waals surface area (Å²) in [5, 5.41) is 0. The largest absolute Gasteiger partial charge is 0.339 e. The van der Waals surface area contributed by atoms with E-state index in [0.717, 1.165) is 38.3 Å². The zero-order chi connectivity index (χ0) is 12.4. The number of nitrogens with two attached hydrogens (primary N) is 1. The van der Waals surface area contributed by atoms with E-state index in [1.807, 2.05) is 0 Å². The average Bonchev–Trinajstić information content (AvgIpc) is 2.71. The van der Waals surface area contributed by atoms with Crippen LogP contribution in [0, 0.1) is 17.8 Å². The number of amides is 1. The second-order valence-corrected chi connectivity index (χ2v) is 6.13. The van der Waals surface area contributed by atoms with Crippen molar-refractivity contribution in [3.63, 3.8) is 0 Å².